The molecule has 1 aliphatic rings. The van der Waals surface area contributed by atoms with Gasteiger partial charge in [-0.15, -0.1) is 24.2 Å². The first-order valence-corrected chi connectivity index (χ1v) is 7.99. The fourth-order valence-electron chi connectivity index (χ4n) is 2.30. The van der Waals surface area contributed by atoms with E-state index in [1.54, 1.807) is 17.8 Å². The Labute approximate surface area is 135 Å². The molecule has 1 amide bonds. The third kappa shape index (κ3) is 4.34. The Hall–Kier alpha value is -0.780. The molecule has 3 nitrogen and oxygen atoms in total. The Morgan fingerprint density at radius 2 is 2.29 bits per heavy atom. The van der Waals surface area contributed by atoms with Crippen molar-refractivity contribution >= 4 is 30.1 Å². The number of carbonyl (C=O) groups excluding carboxylic acids is 1. The minimum absolute atomic E-state index is 0. The summed E-state index contributed by atoms with van der Waals surface area (Å²) in [5, 5.41) is 2.97. The standard InChI is InChI=1S/C15H21FN2OS.ClH/c1-3-9(2)14(17)15(19)18-12-6-7-20-13-5-4-10(16)8-11(12)13;/h4-5,8-9,12,14H,3,6-7,17H2,1-2H3,(H,18,19);1H. The van der Waals surface area contributed by atoms with Crippen LogP contribution in [0, 0.1) is 11.7 Å². The molecule has 1 aliphatic heterocycles. The number of halogens is 2. The number of carbonyl (C=O) groups is 1. The van der Waals surface area contributed by atoms with Gasteiger partial charge in [0, 0.05) is 10.6 Å². The molecule has 1 aromatic rings. The van der Waals surface area contributed by atoms with Crippen molar-refractivity contribution in [1.29, 1.82) is 0 Å². The molecule has 1 aromatic carbocycles. The van der Waals surface area contributed by atoms with Crippen LogP contribution < -0.4 is 11.1 Å². The molecule has 3 unspecified atom stereocenters. The highest BCUT2D eigenvalue weighted by Crippen LogP contribution is 2.36. The van der Waals surface area contributed by atoms with Gasteiger partial charge >= 0.3 is 0 Å². The van der Waals surface area contributed by atoms with Gasteiger partial charge in [0.15, 0.2) is 0 Å². The van der Waals surface area contributed by atoms with Crippen LogP contribution in [0.25, 0.3) is 0 Å². The molecule has 3 N–H and O–H groups in total. The van der Waals surface area contributed by atoms with Gasteiger partial charge in [0.05, 0.1) is 12.1 Å². The van der Waals surface area contributed by atoms with E-state index in [1.807, 2.05) is 13.8 Å². The van der Waals surface area contributed by atoms with Crippen molar-refractivity contribution < 1.29 is 9.18 Å². The quantitative estimate of drug-likeness (QED) is 0.889. The zero-order valence-corrected chi connectivity index (χ0v) is 13.9. The second-order valence-electron chi connectivity index (χ2n) is 5.29. The summed E-state index contributed by atoms with van der Waals surface area (Å²) >= 11 is 1.70. The molecular weight excluding hydrogens is 311 g/mol. The minimum Gasteiger partial charge on any atom is -0.348 e. The van der Waals surface area contributed by atoms with Crippen molar-refractivity contribution in [2.45, 2.75) is 43.7 Å². The molecule has 0 bridgehead atoms. The molecule has 21 heavy (non-hydrogen) atoms. The summed E-state index contributed by atoms with van der Waals surface area (Å²) in [6.07, 6.45) is 1.67. The van der Waals surface area contributed by atoms with Gasteiger partial charge in [-0.2, -0.15) is 0 Å². The smallest absolute Gasteiger partial charge is 0.237 e. The first kappa shape index (κ1) is 18.3. The van der Waals surface area contributed by atoms with Gasteiger partial charge in [-0.05, 0) is 36.1 Å². The molecule has 0 fully saturated rings. The van der Waals surface area contributed by atoms with Crippen LogP contribution in [0.2, 0.25) is 0 Å². The van der Waals surface area contributed by atoms with E-state index in [9.17, 15) is 9.18 Å². The number of hydrogen-bond donors (Lipinski definition) is 2. The van der Waals surface area contributed by atoms with Crippen LogP contribution in [0.15, 0.2) is 23.1 Å². The summed E-state index contributed by atoms with van der Waals surface area (Å²) in [5.74, 6) is 0.644. The van der Waals surface area contributed by atoms with E-state index in [0.29, 0.717) is 0 Å². The first-order valence-electron chi connectivity index (χ1n) is 7.01. The van der Waals surface area contributed by atoms with Crippen molar-refractivity contribution in [1.82, 2.24) is 5.32 Å². The molecule has 0 spiro atoms. The Bertz CT molecular complexity index is 501. The number of thioether (sulfide) groups is 1. The van der Waals surface area contributed by atoms with Crippen molar-refractivity contribution in [3.8, 4) is 0 Å². The maximum atomic E-state index is 13.4. The molecule has 0 aromatic heterocycles. The molecule has 2 rings (SSSR count). The van der Waals surface area contributed by atoms with Crippen LogP contribution in [-0.4, -0.2) is 17.7 Å². The topological polar surface area (TPSA) is 55.1 Å². The summed E-state index contributed by atoms with van der Waals surface area (Å²) in [5.41, 5.74) is 6.81. The van der Waals surface area contributed by atoms with Gasteiger partial charge < -0.3 is 11.1 Å². The van der Waals surface area contributed by atoms with Crippen molar-refractivity contribution in [2.75, 3.05) is 5.75 Å². The van der Waals surface area contributed by atoms with E-state index in [0.717, 1.165) is 29.1 Å². The Morgan fingerprint density at radius 1 is 1.57 bits per heavy atom. The van der Waals surface area contributed by atoms with E-state index in [4.69, 9.17) is 5.73 Å². The molecule has 0 saturated carbocycles. The average Bonchev–Trinajstić information content (AvgIpc) is 2.46. The third-order valence-corrected chi connectivity index (χ3v) is 5.01. The highest BCUT2D eigenvalue weighted by atomic mass is 35.5. The highest BCUT2D eigenvalue weighted by molar-refractivity contribution is 7.99. The van der Waals surface area contributed by atoms with Gasteiger partial charge in [0.2, 0.25) is 5.91 Å². The van der Waals surface area contributed by atoms with Gasteiger partial charge in [0.1, 0.15) is 5.82 Å². The second kappa shape index (κ2) is 8.01. The Morgan fingerprint density at radius 3 is 2.95 bits per heavy atom. The summed E-state index contributed by atoms with van der Waals surface area (Å²) in [6, 6.07) is 4.11. The van der Waals surface area contributed by atoms with Gasteiger partial charge in [-0.3, -0.25) is 4.79 Å². The van der Waals surface area contributed by atoms with E-state index >= 15 is 0 Å². The molecule has 1 heterocycles. The number of nitrogens with one attached hydrogen (secondary N) is 1. The summed E-state index contributed by atoms with van der Waals surface area (Å²) < 4.78 is 13.4. The van der Waals surface area contributed by atoms with Crippen molar-refractivity contribution in [2.24, 2.45) is 11.7 Å². The summed E-state index contributed by atoms with van der Waals surface area (Å²) in [4.78, 5) is 13.2. The SMILES string of the molecule is CCC(C)C(N)C(=O)NC1CCSc2ccc(F)cc21.Cl. The molecular formula is C15H22ClFN2OS. The normalized spacial score (nSPS) is 19.9. The number of rotatable bonds is 4. The van der Waals surface area contributed by atoms with E-state index in [2.05, 4.69) is 5.32 Å². The largest absolute Gasteiger partial charge is 0.348 e. The number of amides is 1. The van der Waals surface area contributed by atoms with Crippen LogP contribution in [0.4, 0.5) is 4.39 Å². The Balaban J connectivity index is 0.00000220. The van der Waals surface area contributed by atoms with E-state index in [1.165, 1.54) is 12.1 Å². The maximum absolute atomic E-state index is 13.4. The molecule has 118 valence electrons. The summed E-state index contributed by atoms with van der Waals surface area (Å²) in [7, 11) is 0. The second-order valence-corrected chi connectivity index (χ2v) is 6.43. The van der Waals surface area contributed by atoms with Gasteiger partial charge in [-0.1, -0.05) is 20.3 Å². The lowest BCUT2D eigenvalue weighted by Gasteiger charge is -2.28. The zero-order chi connectivity index (χ0) is 14.7. The predicted octanol–water partition coefficient (Wildman–Crippen LogP) is 3.27. The molecule has 0 aliphatic carbocycles. The van der Waals surface area contributed by atoms with Crippen LogP contribution in [0.1, 0.15) is 38.3 Å². The molecule has 0 radical (unpaired) electrons. The van der Waals surface area contributed by atoms with Crippen LogP contribution >= 0.6 is 24.2 Å². The minimum atomic E-state index is -0.508. The molecule has 3 atom stereocenters. The van der Waals surface area contributed by atoms with E-state index < -0.39 is 6.04 Å². The highest BCUT2D eigenvalue weighted by Gasteiger charge is 2.26. The fraction of sp³-hybridized carbons (Fsp3) is 0.533. The van der Waals surface area contributed by atoms with E-state index in [-0.39, 0.29) is 36.1 Å². The van der Waals surface area contributed by atoms with Gasteiger partial charge in [-0.25, -0.2) is 4.39 Å². The van der Waals surface area contributed by atoms with Crippen LogP contribution in [0.5, 0.6) is 0 Å². The lowest BCUT2D eigenvalue weighted by atomic mass is 9.97. The fourth-order valence-corrected chi connectivity index (χ4v) is 3.40. The number of benzene rings is 1. The maximum Gasteiger partial charge on any atom is 0.237 e. The summed E-state index contributed by atoms with van der Waals surface area (Å²) in [6.45, 7) is 3.98. The zero-order valence-electron chi connectivity index (χ0n) is 12.3. The lowest BCUT2D eigenvalue weighted by Crippen LogP contribution is -2.46. The van der Waals surface area contributed by atoms with Crippen molar-refractivity contribution in [3.05, 3.63) is 29.6 Å². The van der Waals surface area contributed by atoms with Crippen LogP contribution in [-0.2, 0) is 4.79 Å². The Kier molecular flexibility index (Phi) is 6.97. The predicted molar refractivity (Wildman–Crippen MR) is 87.3 cm³/mol. The van der Waals surface area contributed by atoms with Crippen molar-refractivity contribution in [3.63, 3.8) is 0 Å². The van der Waals surface area contributed by atoms with Crippen LogP contribution in [0.3, 0.4) is 0 Å². The first-order chi connectivity index (χ1) is 9.52. The molecule has 6 heteroatoms. The molecule has 0 saturated heterocycles. The van der Waals surface area contributed by atoms with Gasteiger partial charge in [0.25, 0.3) is 0 Å². The lowest BCUT2D eigenvalue weighted by molar-refractivity contribution is -0.124. The number of fused-ring (bicyclic) bond motifs is 1. The third-order valence-electron chi connectivity index (χ3n) is 3.89. The number of hydrogen-bond acceptors (Lipinski definition) is 3. The average molecular weight is 333 g/mol. The number of nitrogens with two attached hydrogens (primary N) is 1. The monoisotopic (exact) mass is 332 g/mol.